The molecule has 3 amide bonds. The Labute approximate surface area is 180 Å². The van der Waals surface area contributed by atoms with Gasteiger partial charge in [-0.15, -0.1) is 11.3 Å². The summed E-state index contributed by atoms with van der Waals surface area (Å²) in [7, 11) is 0. The van der Waals surface area contributed by atoms with Crippen molar-refractivity contribution in [2.24, 2.45) is 10.9 Å². The number of nitrogens with one attached hydrogen (secondary N) is 2. The Hall–Kier alpha value is -3.09. The molecule has 1 fully saturated rings. The van der Waals surface area contributed by atoms with Crippen molar-refractivity contribution in [3.63, 3.8) is 0 Å². The smallest absolute Gasteiger partial charge is 0.347 e. The summed E-state index contributed by atoms with van der Waals surface area (Å²) in [6.45, 7) is -0.353. The third-order valence-corrected chi connectivity index (χ3v) is 6.16. The molecule has 6 nitrogen and oxygen atoms in total. The number of amidine groups is 1. The molecular weight excluding hydrogens is 462 g/mol. The molecule has 32 heavy (non-hydrogen) atoms. The van der Waals surface area contributed by atoms with Crippen LogP contribution in [0.25, 0.3) is 0 Å². The van der Waals surface area contributed by atoms with Crippen molar-refractivity contribution in [1.82, 2.24) is 15.5 Å². The number of alkyl halides is 6. The van der Waals surface area contributed by atoms with E-state index in [1.165, 1.54) is 22.8 Å². The van der Waals surface area contributed by atoms with E-state index >= 15 is 0 Å². The van der Waals surface area contributed by atoms with Gasteiger partial charge in [0.1, 0.15) is 17.9 Å². The number of carbonyl (C=O) groups is 2. The van der Waals surface area contributed by atoms with Gasteiger partial charge in [0.25, 0.3) is 0 Å². The first-order valence-corrected chi connectivity index (χ1v) is 10.0. The van der Waals surface area contributed by atoms with Crippen LogP contribution in [0, 0.1) is 5.92 Å². The molecule has 2 atom stereocenters. The average Bonchev–Trinajstić information content (AvgIpc) is 3.24. The lowest BCUT2D eigenvalue weighted by Crippen LogP contribution is -2.80. The molecule has 170 valence electrons. The number of hydrogen-bond acceptors (Lipinski definition) is 5. The van der Waals surface area contributed by atoms with E-state index in [0.29, 0.717) is 10.5 Å². The van der Waals surface area contributed by atoms with E-state index in [4.69, 9.17) is 0 Å². The highest BCUT2D eigenvalue weighted by molar-refractivity contribution is 7.12. The summed E-state index contributed by atoms with van der Waals surface area (Å²) in [5.74, 6) is -5.20. The number of fused-ring (bicyclic) bond motifs is 1. The van der Waals surface area contributed by atoms with Crippen LogP contribution in [0.2, 0.25) is 0 Å². The molecule has 0 spiro atoms. The molecule has 2 unspecified atom stereocenters. The zero-order valence-corrected chi connectivity index (χ0v) is 16.7. The summed E-state index contributed by atoms with van der Waals surface area (Å²) in [4.78, 5) is 29.7. The van der Waals surface area contributed by atoms with Crippen LogP contribution in [0.4, 0.5) is 31.1 Å². The second-order valence-corrected chi connectivity index (χ2v) is 8.13. The number of benzene rings is 1. The fourth-order valence-electron chi connectivity index (χ4n) is 3.82. The Kier molecular flexibility index (Phi) is 5.18. The van der Waals surface area contributed by atoms with Crippen LogP contribution in [0.15, 0.2) is 52.8 Å². The molecule has 2 aromatic rings. The Bertz CT molecular complexity index is 1040. The van der Waals surface area contributed by atoms with Crippen LogP contribution in [-0.4, -0.2) is 46.7 Å². The van der Waals surface area contributed by atoms with Crippen molar-refractivity contribution in [2.75, 3.05) is 0 Å². The molecule has 0 saturated carbocycles. The van der Waals surface area contributed by atoms with Crippen LogP contribution in [0.3, 0.4) is 0 Å². The molecule has 4 rings (SSSR count). The predicted molar refractivity (Wildman–Crippen MR) is 102 cm³/mol. The van der Waals surface area contributed by atoms with Gasteiger partial charge in [-0.2, -0.15) is 26.3 Å². The fourth-order valence-corrected chi connectivity index (χ4v) is 4.50. The molecule has 3 heterocycles. The molecule has 0 aliphatic carbocycles. The number of aliphatic imine (C=N–C) groups is 1. The number of carbonyl (C=O) groups excluding carboxylic acids is 2. The molecular formula is C19H14F6N4O2S. The van der Waals surface area contributed by atoms with Crippen molar-refractivity contribution in [3.05, 3.63) is 58.3 Å². The van der Waals surface area contributed by atoms with Crippen LogP contribution >= 0.6 is 11.3 Å². The minimum absolute atomic E-state index is 0.000540. The molecule has 0 radical (unpaired) electrons. The summed E-state index contributed by atoms with van der Waals surface area (Å²) >= 11 is 0.866. The Morgan fingerprint density at radius 1 is 1.00 bits per heavy atom. The van der Waals surface area contributed by atoms with Gasteiger partial charge in [-0.3, -0.25) is 15.0 Å². The number of hydrogen-bond donors (Lipinski definition) is 2. The molecule has 13 heteroatoms. The number of nitrogens with zero attached hydrogens (tertiary/aromatic N) is 2. The van der Waals surface area contributed by atoms with E-state index in [1.54, 1.807) is 35.6 Å². The quantitative estimate of drug-likeness (QED) is 0.665. The maximum absolute atomic E-state index is 14.2. The topological polar surface area (TPSA) is 73.8 Å². The lowest BCUT2D eigenvalue weighted by Gasteiger charge is -2.51. The Morgan fingerprint density at radius 2 is 1.66 bits per heavy atom. The monoisotopic (exact) mass is 476 g/mol. The number of rotatable bonds is 3. The van der Waals surface area contributed by atoms with E-state index in [0.717, 1.165) is 11.3 Å². The van der Waals surface area contributed by atoms with E-state index in [-0.39, 0.29) is 11.4 Å². The first-order chi connectivity index (χ1) is 15.0. The first-order valence-electron chi connectivity index (χ1n) is 9.14. The summed E-state index contributed by atoms with van der Waals surface area (Å²) < 4.78 is 85.1. The molecule has 2 aliphatic heterocycles. The number of urea groups is 1. The highest BCUT2D eigenvalue weighted by Crippen LogP contribution is 2.52. The Balaban J connectivity index is 1.92. The van der Waals surface area contributed by atoms with Gasteiger partial charge < -0.3 is 5.32 Å². The highest BCUT2D eigenvalue weighted by atomic mass is 32.1. The fraction of sp³-hybridized carbons (Fsp3) is 0.316. The van der Waals surface area contributed by atoms with Gasteiger partial charge in [0.05, 0.1) is 4.88 Å². The van der Waals surface area contributed by atoms with Gasteiger partial charge in [0, 0.05) is 6.54 Å². The van der Waals surface area contributed by atoms with Gasteiger partial charge in [0.15, 0.2) is 0 Å². The van der Waals surface area contributed by atoms with Crippen molar-refractivity contribution in [1.29, 1.82) is 0 Å². The van der Waals surface area contributed by atoms with Crippen molar-refractivity contribution < 1.29 is 35.9 Å². The van der Waals surface area contributed by atoms with Gasteiger partial charge in [0.2, 0.25) is 11.4 Å². The standard InChI is InChI=1S/C19H14F6N4O2S/c20-18(21,22)17(19(23,24)25)12-14(26-13(28-17)11-7-4-8-32-11)29(16(31)27-15(12)30)9-10-5-2-1-3-6-10/h1-8,12,14H,9H2,(H,26,28)(H,27,30,31). The minimum atomic E-state index is -5.94. The molecule has 1 aromatic carbocycles. The Morgan fingerprint density at radius 3 is 2.22 bits per heavy atom. The van der Waals surface area contributed by atoms with Crippen LogP contribution in [0.1, 0.15) is 10.4 Å². The van der Waals surface area contributed by atoms with E-state index in [9.17, 15) is 35.9 Å². The normalized spacial score (nSPS) is 23.2. The number of amides is 3. The maximum atomic E-state index is 14.2. The molecule has 2 N–H and O–H groups in total. The van der Waals surface area contributed by atoms with Crippen molar-refractivity contribution in [2.45, 2.75) is 30.6 Å². The summed E-state index contributed by atoms with van der Waals surface area (Å²) in [6, 6.07) is 9.53. The minimum Gasteiger partial charge on any atom is -0.347 e. The molecule has 0 bridgehead atoms. The van der Waals surface area contributed by atoms with Crippen LogP contribution in [0.5, 0.6) is 0 Å². The average molecular weight is 476 g/mol. The predicted octanol–water partition coefficient (Wildman–Crippen LogP) is 3.66. The third-order valence-electron chi connectivity index (χ3n) is 5.28. The summed E-state index contributed by atoms with van der Waals surface area (Å²) in [6.07, 6.45) is -13.9. The second kappa shape index (κ2) is 7.50. The van der Waals surface area contributed by atoms with E-state index in [1.807, 2.05) is 0 Å². The number of thiophene rings is 1. The maximum Gasteiger partial charge on any atom is 0.421 e. The summed E-state index contributed by atoms with van der Waals surface area (Å²) in [5, 5.41) is 4.58. The van der Waals surface area contributed by atoms with Crippen molar-refractivity contribution >= 4 is 29.1 Å². The lowest BCUT2D eigenvalue weighted by atomic mass is 9.76. The van der Waals surface area contributed by atoms with Gasteiger partial charge in [-0.05, 0) is 17.0 Å². The largest absolute Gasteiger partial charge is 0.421 e. The summed E-state index contributed by atoms with van der Waals surface area (Å²) in [5.41, 5.74) is -4.22. The number of halogens is 6. The van der Waals surface area contributed by atoms with Crippen LogP contribution in [-0.2, 0) is 11.3 Å². The zero-order valence-electron chi connectivity index (χ0n) is 15.9. The second-order valence-electron chi connectivity index (χ2n) is 7.18. The van der Waals surface area contributed by atoms with Crippen LogP contribution < -0.4 is 10.6 Å². The molecule has 1 aromatic heterocycles. The van der Waals surface area contributed by atoms with Gasteiger partial charge >= 0.3 is 18.4 Å². The van der Waals surface area contributed by atoms with E-state index in [2.05, 4.69) is 4.99 Å². The number of imide groups is 1. The van der Waals surface area contributed by atoms with Gasteiger partial charge in [-0.25, -0.2) is 9.79 Å². The first kappa shape index (κ1) is 22.1. The third kappa shape index (κ3) is 3.40. The molecule has 2 aliphatic rings. The van der Waals surface area contributed by atoms with Gasteiger partial charge in [-0.1, -0.05) is 36.4 Å². The zero-order chi connectivity index (χ0) is 23.3. The lowest BCUT2D eigenvalue weighted by molar-refractivity contribution is -0.321. The van der Waals surface area contributed by atoms with E-state index < -0.39 is 47.7 Å². The van der Waals surface area contributed by atoms with Crippen molar-refractivity contribution in [3.8, 4) is 0 Å². The molecule has 1 saturated heterocycles. The SMILES string of the molecule is O=C1NC(=O)N(Cc2ccccc2)C2N=C(c3cccs3)NC(C(F)(F)F)(C(F)(F)F)C12. The highest BCUT2D eigenvalue weighted by Gasteiger charge is 2.80.